The minimum absolute atomic E-state index is 0.403. The molecule has 3 aromatic heterocycles. The number of thiophene rings is 1. The average Bonchev–Trinajstić information content (AvgIpc) is 3.78. The topological polar surface area (TPSA) is 59.7 Å². The summed E-state index contributed by atoms with van der Waals surface area (Å²) in [6.45, 7) is 1.99. The Bertz CT molecular complexity index is 1270. The van der Waals surface area contributed by atoms with Gasteiger partial charge in [-0.1, -0.05) is 30.3 Å². The number of benzene rings is 1. The van der Waals surface area contributed by atoms with E-state index in [2.05, 4.69) is 55.4 Å². The van der Waals surface area contributed by atoms with Gasteiger partial charge in [0.15, 0.2) is 0 Å². The van der Waals surface area contributed by atoms with Gasteiger partial charge < -0.3 is 9.47 Å². The van der Waals surface area contributed by atoms with Gasteiger partial charge in [0.05, 0.1) is 5.39 Å². The molecule has 7 rings (SSSR count). The van der Waals surface area contributed by atoms with Crippen LogP contribution in [-0.2, 0) is 0 Å². The van der Waals surface area contributed by atoms with Crippen LogP contribution in [0.3, 0.4) is 0 Å². The Morgan fingerprint density at radius 2 is 1.81 bits per heavy atom. The van der Waals surface area contributed by atoms with Gasteiger partial charge >= 0.3 is 0 Å². The summed E-state index contributed by atoms with van der Waals surface area (Å²) in [4.78, 5) is 13.9. The second-order valence-corrected chi connectivity index (χ2v) is 10.3. The zero-order chi connectivity index (χ0) is 21.1. The summed E-state index contributed by atoms with van der Waals surface area (Å²) in [7, 11) is 0. The van der Waals surface area contributed by atoms with E-state index in [9.17, 15) is 0 Å². The molecule has 7 heteroatoms. The average molecular weight is 443 g/mol. The summed E-state index contributed by atoms with van der Waals surface area (Å²) in [6.07, 6.45) is 9.20. The van der Waals surface area contributed by atoms with Crippen LogP contribution in [0.2, 0.25) is 0 Å². The molecule has 2 aliphatic carbocycles. The molecule has 0 amide bonds. The van der Waals surface area contributed by atoms with Gasteiger partial charge in [0.2, 0.25) is 0 Å². The van der Waals surface area contributed by atoms with Crippen LogP contribution in [0, 0.1) is 0 Å². The molecule has 3 fully saturated rings. The van der Waals surface area contributed by atoms with Crippen LogP contribution in [0.15, 0.2) is 42.0 Å². The summed E-state index contributed by atoms with van der Waals surface area (Å²) in [5.41, 5.74) is 2.50. The first-order valence-corrected chi connectivity index (χ1v) is 12.7. The Morgan fingerprint density at radius 1 is 0.938 bits per heavy atom. The van der Waals surface area contributed by atoms with Crippen molar-refractivity contribution in [3.63, 3.8) is 0 Å². The summed E-state index contributed by atoms with van der Waals surface area (Å²) in [5.74, 6) is 4.27. The van der Waals surface area contributed by atoms with Crippen LogP contribution in [0.25, 0.3) is 21.3 Å². The van der Waals surface area contributed by atoms with Crippen molar-refractivity contribution in [2.45, 2.75) is 56.4 Å². The molecule has 1 atom stereocenters. The van der Waals surface area contributed by atoms with Gasteiger partial charge in [-0.05, 0) is 44.1 Å². The van der Waals surface area contributed by atoms with E-state index in [-0.39, 0.29) is 0 Å². The molecule has 0 N–H and O–H groups in total. The summed E-state index contributed by atoms with van der Waals surface area (Å²) in [5, 5.41) is 12.3. The van der Waals surface area contributed by atoms with Gasteiger partial charge in [0.1, 0.15) is 28.6 Å². The number of hydrogen-bond acceptors (Lipinski definition) is 6. The highest BCUT2D eigenvalue weighted by atomic mass is 32.1. The molecule has 32 heavy (non-hydrogen) atoms. The molecule has 0 radical (unpaired) electrons. The number of nitrogens with zero attached hydrogens (tertiary/aromatic N) is 6. The van der Waals surface area contributed by atoms with Crippen molar-refractivity contribution in [1.29, 1.82) is 0 Å². The first kappa shape index (κ1) is 18.7. The molecule has 1 saturated heterocycles. The SMILES string of the molecule is c1ccc(-c2csc3nc(C4CC4)nc(N4CCCC(c5nncn5C5CC5)C4)c23)cc1. The zero-order valence-corrected chi connectivity index (χ0v) is 18.8. The quantitative estimate of drug-likeness (QED) is 0.406. The molecule has 2 saturated carbocycles. The lowest BCUT2D eigenvalue weighted by Crippen LogP contribution is -2.36. The number of anilines is 1. The first-order chi connectivity index (χ1) is 15.8. The molecule has 3 aliphatic rings. The maximum absolute atomic E-state index is 5.21. The van der Waals surface area contributed by atoms with Gasteiger partial charge in [0, 0.05) is 41.9 Å². The van der Waals surface area contributed by atoms with Gasteiger partial charge in [-0.2, -0.15) is 0 Å². The Kier molecular flexibility index (Phi) is 4.32. The molecule has 6 nitrogen and oxygen atoms in total. The molecule has 0 bridgehead atoms. The third-order valence-corrected chi connectivity index (χ3v) is 7.96. The maximum Gasteiger partial charge on any atom is 0.141 e. The molecule has 0 spiro atoms. The van der Waals surface area contributed by atoms with E-state index in [1.54, 1.807) is 11.3 Å². The smallest absolute Gasteiger partial charge is 0.141 e. The van der Waals surface area contributed by atoms with E-state index in [0.717, 1.165) is 36.0 Å². The number of rotatable bonds is 5. The summed E-state index contributed by atoms with van der Waals surface area (Å²) in [6, 6.07) is 11.3. The maximum atomic E-state index is 5.21. The molecular formula is C25H26N6S. The summed E-state index contributed by atoms with van der Waals surface area (Å²) < 4.78 is 2.33. The van der Waals surface area contributed by atoms with Crippen molar-refractivity contribution in [1.82, 2.24) is 24.7 Å². The lowest BCUT2D eigenvalue weighted by atomic mass is 9.96. The van der Waals surface area contributed by atoms with Crippen LogP contribution in [0.4, 0.5) is 5.82 Å². The largest absolute Gasteiger partial charge is 0.355 e. The van der Waals surface area contributed by atoms with E-state index in [1.165, 1.54) is 54.4 Å². The van der Waals surface area contributed by atoms with Crippen molar-refractivity contribution in [3.8, 4) is 11.1 Å². The van der Waals surface area contributed by atoms with Gasteiger partial charge in [0.25, 0.3) is 0 Å². The van der Waals surface area contributed by atoms with Crippen LogP contribution < -0.4 is 4.90 Å². The van der Waals surface area contributed by atoms with E-state index < -0.39 is 0 Å². The van der Waals surface area contributed by atoms with E-state index in [0.29, 0.717) is 17.9 Å². The lowest BCUT2D eigenvalue weighted by Gasteiger charge is -2.34. The predicted octanol–water partition coefficient (Wildman–Crippen LogP) is 5.55. The highest BCUT2D eigenvalue weighted by Gasteiger charge is 2.34. The number of piperidine rings is 1. The Hall–Kier alpha value is -2.80. The molecule has 4 aromatic rings. The highest BCUT2D eigenvalue weighted by molar-refractivity contribution is 7.17. The zero-order valence-electron chi connectivity index (χ0n) is 18.0. The highest BCUT2D eigenvalue weighted by Crippen LogP contribution is 2.45. The van der Waals surface area contributed by atoms with E-state index in [4.69, 9.17) is 9.97 Å². The molecule has 162 valence electrons. The van der Waals surface area contributed by atoms with Crippen LogP contribution in [0.1, 0.15) is 68.1 Å². The number of aromatic nitrogens is 5. The second kappa shape index (κ2) is 7.37. The summed E-state index contributed by atoms with van der Waals surface area (Å²) >= 11 is 1.76. The van der Waals surface area contributed by atoms with Crippen LogP contribution in [-0.4, -0.2) is 37.8 Å². The fourth-order valence-electron chi connectivity index (χ4n) is 5.08. The number of fused-ring (bicyclic) bond motifs is 1. The van der Waals surface area contributed by atoms with Gasteiger partial charge in [-0.15, -0.1) is 21.5 Å². The minimum atomic E-state index is 0.403. The molecular weight excluding hydrogens is 416 g/mol. The third-order valence-electron chi connectivity index (χ3n) is 7.09. The predicted molar refractivity (Wildman–Crippen MR) is 127 cm³/mol. The van der Waals surface area contributed by atoms with Crippen molar-refractivity contribution >= 4 is 27.4 Å². The Labute approximate surface area is 191 Å². The number of hydrogen-bond donors (Lipinski definition) is 0. The third kappa shape index (κ3) is 3.22. The van der Waals surface area contributed by atoms with E-state index >= 15 is 0 Å². The standard InChI is InChI=1S/C25H26N6S/c1-2-5-16(6-3-1)20-14-32-25-21(20)24(27-22(28-25)17-8-9-17)30-12-4-7-18(13-30)23-29-26-15-31(23)19-10-11-19/h1-3,5-6,14-15,17-19H,4,7-13H2. The normalized spacial score (nSPS) is 21.4. The van der Waals surface area contributed by atoms with Crippen molar-refractivity contribution in [3.05, 3.63) is 53.7 Å². The second-order valence-electron chi connectivity index (χ2n) is 9.49. The molecule has 4 heterocycles. The van der Waals surface area contributed by atoms with Gasteiger partial charge in [-0.25, -0.2) is 9.97 Å². The van der Waals surface area contributed by atoms with Crippen LogP contribution >= 0.6 is 11.3 Å². The van der Waals surface area contributed by atoms with Crippen molar-refractivity contribution in [2.75, 3.05) is 18.0 Å². The van der Waals surface area contributed by atoms with Gasteiger partial charge in [-0.3, -0.25) is 0 Å². The molecule has 1 unspecified atom stereocenters. The monoisotopic (exact) mass is 442 g/mol. The van der Waals surface area contributed by atoms with Crippen molar-refractivity contribution < 1.29 is 0 Å². The molecule has 1 aromatic carbocycles. The van der Waals surface area contributed by atoms with Crippen LogP contribution in [0.5, 0.6) is 0 Å². The lowest BCUT2D eigenvalue weighted by molar-refractivity contribution is 0.469. The Morgan fingerprint density at radius 3 is 2.62 bits per heavy atom. The van der Waals surface area contributed by atoms with Crippen molar-refractivity contribution in [2.24, 2.45) is 0 Å². The fraction of sp³-hybridized carbons (Fsp3) is 0.440. The Balaban J connectivity index is 1.32. The minimum Gasteiger partial charge on any atom is -0.355 e. The fourth-order valence-corrected chi connectivity index (χ4v) is 6.03. The van der Waals surface area contributed by atoms with E-state index in [1.807, 2.05) is 6.33 Å². The molecule has 1 aliphatic heterocycles. The first-order valence-electron chi connectivity index (χ1n) is 11.8.